The lowest BCUT2D eigenvalue weighted by Crippen LogP contribution is -2.74. The average molecular weight is 416 g/mol. The minimum atomic E-state index is -1.22. The molecule has 0 amide bonds. The molecule has 0 spiro atoms. The summed E-state index contributed by atoms with van der Waals surface area (Å²) in [4.78, 5) is 3.03. The predicted octanol–water partition coefficient (Wildman–Crippen LogP) is 3.21. The van der Waals surface area contributed by atoms with Crippen molar-refractivity contribution in [1.29, 1.82) is 0 Å². The van der Waals surface area contributed by atoms with Crippen molar-refractivity contribution in [3.8, 4) is 0 Å². The van der Waals surface area contributed by atoms with E-state index in [1.54, 1.807) is 0 Å². The number of hydrogen-bond acceptors (Lipinski definition) is 0. The van der Waals surface area contributed by atoms with Crippen molar-refractivity contribution in [2.75, 3.05) is 0 Å². The van der Waals surface area contributed by atoms with Crippen molar-refractivity contribution in [3.05, 3.63) is 140 Å². The Morgan fingerprint density at radius 1 is 0.531 bits per heavy atom. The molecule has 32 heavy (non-hydrogen) atoms. The molecule has 0 atom stereocenters. The Bertz CT molecular complexity index is 1040. The molecule has 2 nitrogen and oxygen atoms in total. The van der Waals surface area contributed by atoms with Crippen LogP contribution in [0.3, 0.4) is 0 Å². The zero-order chi connectivity index (χ0) is 22.2. The van der Waals surface area contributed by atoms with Crippen LogP contribution in [0.15, 0.2) is 134 Å². The lowest BCUT2D eigenvalue weighted by molar-refractivity contribution is -0.670. The van der Waals surface area contributed by atoms with E-state index in [1.165, 1.54) is 27.5 Å². The highest BCUT2D eigenvalue weighted by Gasteiger charge is 2.30. The molecule has 158 valence electrons. The Morgan fingerprint density at radius 3 is 1.03 bits per heavy atom. The first kappa shape index (κ1) is 21.4. The van der Waals surface area contributed by atoms with Crippen LogP contribution in [0.4, 0.5) is 0 Å². The topological polar surface area (TPSA) is 19.7 Å². The molecular formula is C29H29BN2. The number of H-pyrrole nitrogens is 1. The smallest absolute Gasteiger partial charge is 0.241 e. The van der Waals surface area contributed by atoms with Crippen LogP contribution < -0.4 is 26.4 Å². The monoisotopic (exact) mass is 416 g/mol. The van der Waals surface area contributed by atoms with E-state index in [4.69, 9.17) is 0 Å². The van der Waals surface area contributed by atoms with Gasteiger partial charge in [0.2, 0.25) is 6.33 Å². The fraction of sp³-hybridized carbons (Fsp3) is 0.0690. The molecule has 3 heteroatoms. The molecule has 4 aromatic carbocycles. The molecule has 1 aromatic heterocycles. The first-order valence-electron chi connectivity index (χ1n) is 11.1. The number of aryl methyl sites for hydroxylation is 2. The third-order valence-corrected chi connectivity index (χ3v) is 6.09. The van der Waals surface area contributed by atoms with Crippen molar-refractivity contribution in [2.45, 2.75) is 6.92 Å². The van der Waals surface area contributed by atoms with E-state index in [0.29, 0.717) is 0 Å². The summed E-state index contributed by atoms with van der Waals surface area (Å²) in [5.41, 5.74) is 6.55. The Labute approximate surface area is 191 Å². The van der Waals surface area contributed by atoms with Crippen LogP contribution in [-0.2, 0) is 7.05 Å². The van der Waals surface area contributed by atoms with Crippen molar-refractivity contribution in [1.82, 2.24) is 4.98 Å². The first-order chi connectivity index (χ1) is 15.7. The predicted molar refractivity (Wildman–Crippen MR) is 137 cm³/mol. The van der Waals surface area contributed by atoms with E-state index >= 15 is 0 Å². The Hall–Kier alpha value is -3.85. The van der Waals surface area contributed by atoms with Gasteiger partial charge in [-0.1, -0.05) is 121 Å². The molecule has 0 radical (unpaired) electrons. The zero-order valence-electron chi connectivity index (χ0n) is 18.7. The van der Waals surface area contributed by atoms with Gasteiger partial charge in [0.1, 0.15) is 18.0 Å². The van der Waals surface area contributed by atoms with Crippen LogP contribution in [0.5, 0.6) is 0 Å². The normalized spacial score (nSPS) is 10.8. The van der Waals surface area contributed by atoms with Gasteiger partial charge >= 0.3 is 0 Å². The van der Waals surface area contributed by atoms with Crippen molar-refractivity contribution in [2.24, 2.45) is 7.05 Å². The highest BCUT2D eigenvalue weighted by Crippen LogP contribution is 2.09. The summed E-state index contributed by atoms with van der Waals surface area (Å²) in [5.74, 6) is 0. The zero-order valence-corrected chi connectivity index (χ0v) is 18.7. The molecule has 1 N–H and O–H groups in total. The van der Waals surface area contributed by atoms with E-state index < -0.39 is 6.15 Å². The standard InChI is InChI=1S/C24H20B.C5H8N2/c1-5-13-21(14-6-1)25(22-15-7-2-8-16-22,23-17-9-3-10-18-23)24-19-11-4-12-20-24;1-5-3-7(2)4-6-5/h1-20H;3-4H,1-2H3/q-1;/p+1. The number of aromatic amines is 1. The van der Waals surface area contributed by atoms with Gasteiger partial charge in [0.15, 0.2) is 0 Å². The first-order valence-corrected chi connectivity index (χ1v) is 11.1. The van der Waals surface area contributed by atoms with Crippen LogP contribution in [-0.4, -0.2) is 11.1 Å². The summed E-state index contributed by atoms with van der Waals surface area (Å²) in [5, 5.41) is 0. The van der Waals surface area contributed by atoms with E-state index in [1.807, 2.05) is 31.1 Å². The Balaban J connectivity index is 0.000000300. The molecule has 0 fully saturated rings. The van der Waals surface area contributed by atoms with Gasteiger partial charge in [-0.05, 0) is 0 Å². The highest BCUT2D eigenvalue weighted by molar-refractivity contribution is 7.19. The molecule has 5 aromatic rings. The summed E-state index contributed by atoms with van der Waals surface area (Å²) in [6.07, 6.45) is 2.72. The molecule has 1 heterocycles. The molecule has 0 aliphatic rings. The molecular weight excluding hydrogens is 387 g/mol. The van der Waals surface area contributed by atoms with Crippen LogP contribution in [0.2, 0.25) is 0 Å². The largest absolute Gasteiger partial charge is 0.248 e. The summed E-state index contributed by atoms with van der Waals surface area (Å²) >= 11 is 0. The minimum Gasteiger partial charge on any atom is -0.248 e. The van der Waals surface area contributed by atoms with Gasteiger partial charge in [0, 0.05) is 6.92 Å². The number of benzene rings is 4. The molecule has 0 bridgehead atoms. The molecule has 0 aliphatic carbocycles. The summed E-state index contributed by atoms with van der Waals surface area (Å²) in [6, 6.07) is 43.5. The van der Waals surface area contributed by atoms with Gasteiger partial charge in [-0.2, -0.15) is 21.9 Å². The third-order valence-electron chi connectivity index (χ3n) is 6.09. The highest BCUT2D eigenvalue weighted by atomic mass is 15.0. The molecule has 0 unspecified atom stereocenters. The second-order valence-electron chi connectivity index (χ2n) is 8.26. The maximum Gasteiger partial charge on any atom is 0.241 e. The van der Waals surface area contributed by atoms with Gasteiger partial charge in [-0.25, -0.2) is 9.55 Å². The maximum atomic E-state index is 3.03. The molecule has 5 rings (SSSR count). The van der Waals surface area contributed by atoms with Gasteiger partial charge in [-0.15, -0.1) is 0 Å². The number of imidazole rings is 1. The fourth-order valence-corrected chi connectivity index (χ4v) is 4.71. The minimum absolute atomic E-state index is 1.20. The lowest BCUT2D eigenvalue weighted by atomic mass is 9.13. The summed E-state index contributed by atoms with van der Waals surface area (Å²) < 4.78 is 1.98. The summed E-state index contributed by atoms with van der Waals surface area (Å²) in [7, 11) is 1.99. The lowest BCUT2D eigenvalue weighted by Gasteiger charge is -2.44. The van der Waals surface area contributed by atoms with Crippen LogP contribution in [0, 0.1) is 6.92 Å². The van der Waals surface area contributed by atoms with Gasteiger partial charge < -0.3 is 0 Å². The third kappa shape index (κ3) is 4.43. The van der Waals surface area contributed by atoms with E-state index in [0.717, 1.165) is 0 Å². The second-order valence-corrected chi connectivity index (χ2v) is 8.26. The SMILES string of the molecule is Cc1c[n+](C)c[nH]1.c1ccc([B-](c2ccccc2)(c2ccccc2)c2ccccc2)cc1. The van der Waals surface area contributed by atoms with Crippen LogP contribution >= 0.6 is 0 Å². The number of nitrogens with one attached hydrogen (secondary N) is 1. The van der Waals surface area contributed by atoms with E-state index in [9.17, 15) is 0 Å². The van der Waals surface area contributed by atoms with Crippen LogP contribution in [0.1, 0.15) is 5.69 Å². The van der Waals surface area contributed by atoms with Crippen molar-refractivity contribution < 1.29 is 4.57 Å². The number of hydrogen-bond donors (Lipinski definition) is 1. The van der Waals surface area contributed by atoms with Crippen molar-refractivity contribution >= 4 is 28.0 Å². The average Bonchev–Trinajstić information content (AvgIpc) is 3.25. The molecule has 0 aliphatic heterocycles. The fourth-order valence-electron chi connectivity index (χ4n) is 4.71. The number of rotatable bonds is 4. The summed E-state index contributed by atoms with van der Waals surface area (Å²) in [6.45, 7) is 2.03. The quantitative estimate of drug-likeness (QED) is 0.343. The van der Waals surface area contributed by atoms with Gasteiger partial charge in [0.05, 0.1) is 7.05 Å². The molecule has 0 saturated heterocycles. The number of aromatic nitrogens is 2. The number of nitrogens with zero attached hydrogens (tertiary/aromatic N) is 1. The van der Waals surface area contributed by atoms with Gasteiger partial charge in [0.25, 0.3) is 0 Å². The Morgan fingerprint density at radius 2 is 0.844 bits per heavy atom. The van der Waals surface area contributed by atoms with E-state index in [-0.39, 0.29) is 0 Å². The van der Waals surface area contributed by atoms with Crippen molar-refractivity contribution in [3.63, 3.8) is 0 Å². The maximum absolute atomic E-state index is 3.03. The van der Waals surface area contributed by atoms with Crippen LogP contribution in [0.25, 0.3) is 0 Å². The van der Waals surface area contributed by atoms with E-state index in [2.05, 4.69) is 126 Å². The Kier molecular flexibility index (Phi) is 6.67. The second kappa shape index (κ2) is 9.97. The van der Waals surface area contributed by atoms with Gasteiger partial charge in [-0.3, -0.25) is 0 Å². The molecule has 0 saturated carbocycles.